The first-order valence-electron chi connectivity index (χ1n) is 6.00. The minimum atomic E-state index is 0.241. The van der Waals surface area contributed by atoms with Crippen molar-refractivity contribution >= 4 is 28.2 Å². The zero-order valence-electron chi connectivity index (χ0n) is 9.50. The zero-order valence-corrected chi connectivity index (χ0v) is 10.3. The average molecular weight is 245 g/mol. The van der Waals surface area contributed by atoms with Gasteiger partial charge < -0.3 is 0 Å². The zero-order chi connectivity index (χ0) is 11.8. The first-order valence-corrected chi connectivity index (χ1v) is 6.38. The second-order valence-electron chi connectivity index (χ2n) is 4.56. The summed E-state index contributed by atoms with van der Waals surface area (Å²) in [5, 5.41) is 2.89. The van der Waals surface area contributed by atoms with Crippen LogP contribution in [0.15, 0.2) is 30.3 Å². The number of halogens is 1. The summed E-state index contributed by atoms with van der Waals surface area (Å²) in [6.45, 7) is 0. The van der Waals surface area contributed by atoms with Gasteiger partial charge >= 0.3 is 0 Å². The molecule has 0 saturated carbocycles. The Balaban J connectivity index is 2.38. The molecule has 0 fully saturated rings. The minimum Gasteiger partial charge on any atom is -0.294 e. The Labute approximate surface area is 105 Å². The number of Topliss-reactive ketones (excluding diaryl/α,β-unsaturated/α-hetero) is 1. The van der Waals surface area contributed by atoms with Crippen LogP contribution < -0.4 is 0 Å². The van der Waals surface area contributed by atoms with Gasteiger partial charge in [-0.3, -0.25) is 4.79 Å². The van der Waals surface area contributed by atoms with E-state index in [1.807, 2.05) is 24.3 Å². The van der Waals surface area contributed by atoms with Crippen LogP contribution in [0.3, 0.4) is 0 Å². The normalized spacial score (nSPS) is 15.7. The molecule has 0 N–H and O–H groups in total. The minimum absolute atomic E-state index is 0.241. The Hall–Kier alpha value is -1.34. The fourth-order valence-corrected chi connectivity index (χ4v) is 2.91. The van der Waals surface area contributed by atoms with Gasteiger partial charge in [-0.2, -0.15) is 0 Å². The summed E-state index contributed by atoms with van der Waals surface area (Å²) in [5.74, 6) is 0.241. The molecular weight excluding hydrogens is 232 g/mol. The first-order chi connectivity index (χ1) is 8.27. The molecule has 2 aromatic rings. The van der Waals surface area contributed by atoms with Gasteiger partial charge in [-0.15, -0.1) is 0 Å². The van der Waals surface area contributed by atoms with E-state index in [1.54, 1.807) is 0 Å². The monoisotopic (exact) mass is 244 g/mol. The van der Waals surface area contributed by atoms with E-state index in [2.05, 4.69) is 6.07 Å². The summed E-state index contributed by atoms with van der Waals surface area (Å²) >= 11 is 6.26. The quantitative estimate of drug-likeness (QED) is 0.628. The molecule has 2 heteroatoms. The van der Waals surface area contributed by atoms with Crippen LogP contribution in [0, 0.1) is 0 Å². The predicted molar refractivity (Wildman–Crippen MR) is 70.8 cm³/mol. The van der Waals surface area contributed by atoms with Gasteiger partial charge in [0.15, 0.2) is 5.78 Å². The summed E-state index contributed by atoms with van der Waals surface area (Å²) in [4.78, 5) is 12.0. The second kappa shape index (κ2) is 4.15. The van der Waals surface area contributed by atoms with Crippen LogP contribution in [0.4, 0.5) is 0 Å². The summed E-state index contributed by atoms with van der Waals surface area (Å²) in [6, 6.07) is 9.94. The van der Waals surface area contributed by atoms with E-state index >= 15 is 0 Å². The van der Waals surface area contributed by atoms with Crippen molar-refractivity contribution in [3.63, 3.8) is 0 Å². The summed E-state index contributed by atoms with van der Waals surface area (Å²) in [6.07, 6.45) is 3.71. The van der Waals surface area contributed by atoms with Crippen LogP contribution in [0.2, 0.25) is 5.02 Å². The molecule has 2 aromatic carbocycles. The van der Waals surface area contributed by atoms with Gasteiger partial charge in [0, 0.05) is 22.4 Å². The number of benzene rings is 2. The number of rotatable bonds is 0. The third-order valence-electron chi connectivity index (χ3n) is 3.49. The lowest BCUT2D eigenvalue weighted by molar-refractivity contribution is 0.0982. The van der Waals surface area contributed by atoms with Crippen molar-refractivity contribution in [3.8, 4) is 0 Å². The largest absolute Gasteiger partial charge is 0.294 e. The van der Waals surface area contributed by atoms with Crippen molar-refractivity contribution in [3.05, 3.63) is 46.5 Å². The Morgan fingerprint density at radius 1 is 1.00 bits per heavy atom. The fraction of sp³-hybridized carbons (Fsp3) is 0.267. The lowest BCUT2D eigenvalue weighted by Gasteiger charge is -2.10. The van der Waals surface area contributed by atoms with Crippen LogP contribution in [-0.2, 0) is 6.42 Å². The SMILES string of the molecule is O=C1CCCCc2c1cc(Cl)c1ccccc21. The summed E-state index contributed by atoms with van der Waals surface area (Å²) in [7, 11) is 0. The van der Waals surface area contributed by atoms with Crippen molar-refractivity contribution in [2.24, 2.45) is 0 Å². The lowest BCUT2D eigenvalue weighted by Crippen LogP contribution is -2.01. The molecule has 1 aliphatic carbocycles. The molecule has 1 nitrogen and oxygen atoms in total. The van der Waals surface area contributed by atoms with Gasteiger partial charge in [0.25, 0.3) is 0 Å². The maximum atomic E-state index is 12.0. The van der Waals surface area contributed by atoms with E-state index < -0.39 is 0 Å². The van der Waals surface area contributed by atoms with Crippen molar-refractivity contribution in [1.29, 1.82) is 0 Å². The highest BCUT2D eigenvalue weighted by atomic mass is 35.5. The fourth-order valence-electron chi connectivity index (χ4n) is 2.63. The molecule has 0 heterocycles. The topological polar surface area (TPSA) is 17.1 Å². The van der Waals surface area contributed by atoms with Gasteiger partial charge in [-0.25, -0.2) is 0 Å². The molecule has 17 heavy (non-hydrogen) atoms. The van der Waals surface area contributed by atoms with Crippen molar-refractivity contribution in [2.75, 3.05) is 0 Å². The predicted octanol–water partition coefficient (Wildman–Crippen LogP) is 4.40. The third-order valence-corrected chi connectivity index (χ3v) is 3.80. The molecule has 0 spiro atoms. The first kappa shape index (κ1) is 10.8. The number of carbonyl (C=O) groups is 1. The van der Waals surface area contributed by atoms with Crippen LogP contribution in [-0.4, -0.2) is 5.78 Å². The summed E-state index contributed by atoms with van der Waals surface area (Å²) < 4.78 is 0. The molecule has 0 radical (unpaired) electrons. The molecular formula is C15H13ClO. The maximum absolute atomic E-state index is 12.0. The molecule has 0 amide bonds. The Kier molecular flexibility index (Phi) is 2.64. The van der Waals surface area contributed by atoms with Gasteiger partial charge in [-0.05, 0) is 36.3 Å². The number of ketones is 1. The van der Waals surface area contributed by atoms with E-state index in [9.17, 15) is 4.79 Å². The maximum Gasteiger partial charge on any atom is 0.163 e. The van der Waals surface area contributed by atoms with Crippen LogP contribution in [0.5, 0.6) is 0 Å². The average Bonchev–Trinajstić information content (AvgIpc) is 2.53. The molecule has 0 bridgehead atoms. The molecule has 3 rings (SSSR count). The van der Waals surface area contributed by atoms with Crippen LogP contribution in [0.25, 0.3) is 10.8 Å². The Bertz CT molecular complexity index is 601. The molecule has 0 aromatic heterocycles. The van der Waals surface area contributed by atoms with E-state index in [4.69, 9.17) is 11.6 Å². The van der Waals surface area contributed by atoms with Gasteiger partial charge in [0.05, 0.1) is 0 Å². The standard InChI is InChI=1S/C15H13ClO/c16-14-9-13-11(6-3-4-8-15(13)17)10-5-1-2-7-12(10)14/h1-2,5,7,9H,3-4,6,8H2. The van der Waals surface area contributed by atoms with Crippen molar-refractivity contribution in [2.45, 2.75) is 25.7 Å². The lowest BCUT2D eigenvalue weighted by atomic mass is 9.95. The molecule has 0 aliphatic heterocycles. The van der Waals surface area contributed by atoms with E-state index in [-0.39, 0.29) is 5.78 Å². The number of hydrogen-bond donors (Lipinski definition) is 0. The molecule has 1 aliphatic rings. The van der Waals surface area contributed by atoms with Gasteiger partial charge in [-0.1, -0.05) is 35.9 Å². The van der Waals surface area contributed by atoms with E-state index in [0.717, 1.165) is 35.6 Å². The van der Waals surface area contributed by atoms with Crippen molar-refractivity contribution in [1.82, 2.24) is 0 Å². The van der Waals surface area contributed by atoms with Crippen LogP contribution in [0.1, 0.15) is 35.2 Å². The van der Waals surface area contributed by atoms with E-state index in [0.29, 0.717) is 11.4 Å². The molecule has 0 saturated heterocycles. The van der Waals surface area contributed by atoms with E-state index in [1.165, 1.54) is 5.56 Å². The number of hydrogen-bond acceptors (Lipinski definition) is 1. The highest BCUT2D eigenvalue weighted by molar-refractivity contribution is 6.36. The number of fused-ring (bicyclic) bond motifs is 3. The summed E-state index contributed by atoms with van der Waals surface area (Å²) in [5.41, 5.74) is 2.03. The third kappa shape index (κ3) is 1.75. The smallest absolute Gasteiger partial charge is 0.163 e. The Morgan fingerprint density at radius 3 is 2.53 bits per heavy atom. The number of carbonyl (C=O) groups excluding carboxylic acids is 1. The highest BCUT2D eigenvalue weighted by Crippen LogP contribution is 2.33. The number of aryl methyl sites for hydroxylation is 1. The van der Waals surface area contributed by atoms with Crippen molar-refractivity contribution < 1.29 is 4.79 Å². The molecule has 0 unspecified atom stereocenters. The second-order valence-corrected chi connectivity index (χ2v) is 4.97. The highest BCUT2D eigenvalue weighted by Gasteiger charge is 2.18. The van der Waals surface area contributed by atoms with Crippen LogP contribution >= 0.6 is 11.6 Å². The Morgan fingerprint density at radius 2 is 1.71 bits per heavy atom. The molecule has 0 atom stereocenters. The van der Waals surface area contributed by atoms with Gasteiger partial charge in [0.1, 0.15) is 0 Å². The van der Waals surface area contributed by atoms with Gasteiger partial charge in [0.2, 0.25) is 0 Å². The molecule has 86 valence electrons.